The molecule has 1 aliphatic carbocycles. The van der Waals surface area contributed by atoms with Crippen molar-refractivity contribution in [1.82, 2.24) is 25.2 Å². The van der Waals surface area contributed by atoms with Gasteiger partial charge in [0.2, 0.25) is 17.7 Å². The zero-order valence-corrected chi connectivity index (χ0v) is 22.9. The van der Waals surface area contributed by atoms with Crippen LogP contribution in [0.3, 0.4) is 0 Å². The lowest BCUT2D eigenvalue weighted by Gasteiger charge is -2.19. The number of amides is 2. The minimum Gasteiger partial charge on any atom is -0.463 e. The number of fused-ring (bicyclic) bond motifs is 1. The first-order chi connectivity index (χ1) is 20.4. The van der Waals surface area contributed by atoms with Gasteiger partial charge in [-0.25, -0.2) is 9.97 Å². The molecular weight excluding hydrogens is 532 g/mol. The molecule has 0 atom stereocenters. The Balaban J connectivity index is 1.17. The number of rotatable bonds is 5. The number of benzene rings is 1. The second kappa shape index (κ2) is 11.5. The van der Waals surface area contributed by atoms with Gasteiger partial charge in [0.15, 0.2) is 12.0 Å². The topological polar surface area (TPSA) is 133 Å². The van der Waals surface area contributed by atoms with Crippen LogP contribution in [0.5, 0.6) is 0 Å². The molecule has 210 valence electrons. The molecule has 42 heavy (non-hydrogen) atoms. The molecule has 2 amide bonds. The largest absolute Gasteiger partial charge is 0.463 e. The van der Waals surface area contributed by atoms with Crippen molar-refractivity contribution in [3.63, 3.8) is 0 Å². The summed E-state index contributed by atoms with van der Waals surface area (Å²) in [5, 5.41) is 5.64. The molecule has 2 aliphatic heterocycles. The first-order valence-corrected chi connectivity index (χ1v) is 13.5. The normalized spacial score (nSPS) is 15.5. The lowest BCUT2D eigenvalue weighted by Crippen LogP contribution is -2.31. The second-order valence-electron chi connectivity index (χ2n) is 9.98. The van der Waals surface area contributed by atoms with E-state index in [2.05, 4.69) is 38.5 Å². The van der Waals surface area contributed by atoms with Gasteiger partial charge in [0.1, 0.15) is 12.0 Å². The molecule has 0 unspecified atom stereocenters. The van der Waals surface area contributed by atoms with E-state index in [0.29, 0.717) is 34.7 Å². The third-order valence-corrected chi connectivity index (χ3v) is 7.10. The first kappa shape index (κ1) is 26.7. The molecule has 3 aromatic rings. The third kappa shape index (κ3) is 5.67. The number of hydrogen-bond acceptors (Lipinski definition) is 7. The minimum atomic E-state index is -0.250. The molecule has 6 rings (SSSR count). The zero-order valence-electron chi connectivity index (χ0n) is 22.9. The van der Waals surface area contributed by atoms with Crippen LogP contribution in [-0.2, 0) is 34.2 Å². The van der Waals surface area contributed by atoms with Crippen LogP contribution in [0, 0.1) is 11.8 Å². The van der Waals surface area contributed by atoms with E-state index in [0.717, 1.165) is 41.8 Å². The number of anilines is 1. The van der Waals surface area contributed by atoms with E-state index in [4.69, 9.17) is 15.2 Å². The van der Waals surface area contributed by atoms with Crippen molar-refractivity contribution >= 4 is 17.8 Å². The van der Waals surface area contributed by atoms with Crippen LogP contribution in [-0.4, -0.2) is 32.9 Å². The molecule has 0 saturated carbocycles. The van der Waals surface area contributed by atoms with Crippen molar-refractivity contribution < 1.29 is 19.1 Å². The standard InChI is InChI=1S/C32H28N6O4/c1-38-25-12-13-34-31(40)24(25)16-26(38)30-23(17-35-32(33)37-30)11-10-20-6-5-7-21(14-20)15-28(39)36-29-19-41-18-27(42-29)22-8-3-2-4-9-22/h2-3,5-8,14,16-19H,4,9,12-13,15H2,1H3,(H,34,40)(H,36,39)(H2,33,35,37). The average molecular weight is 561 g/mol. The number of nitrogens with one attached hydrogen (secondary N) is 2. The SMILES string of the molecule is Cn1c(-c2nc(N)ncc2C#Cc2cccc(CC(=O)NC3=COC=C(C4=CC=CCC4)O3)c2)cc2c1CCNC2=O. The molecule has 0 radical (unpaired) electrons. The Morgan fingerprint density at radius 2 is 2.12 bits per heavy atom. The predicted molar refractivity (Wildman–Crippen MR) is 156 cm³/mol. The summed E-state index contributed by atoms with van der Waals surface area (Å²) in [6, 6.07) is 9.24. The molecule has 0 bridgehead atoms. The van der Waals surface area contributed by atoms with Crippen molar-refractivity contribution in [2.45, 2.75) is 25.7 Å². The molecule has 4 heterocycles. The Hall–Kier alpha value is -5.56. The molecule has 10 heteroatoms. The van der Waals surface area contributed by atoms with Crippen LogP contribution in [0.1, 0.15) is 45.6 Å². The molecule has 10 nitrogen and oxygen atoms in total. The van der Waals surface area contributed by atoms with Gasteiger partial charge in [-0.05, 0) is 42.2 Å². The first-order valence-electron chi connectivity index (χ1n) is 13.5. The molecule has 0 spiro atoms. The molecule has 2 aromatic heterocycles. The van der Waals surface area contributed by atoms with E-state index in [-0.39, 0.29) is 30.1 Å². The van der Waals surface area contributed by atoms with Crippen LogP contribution in [0.25, 0.3) is 11.4 Å². The second-order valence-corrected chi connectivity index (χ2v) is 9.98. The Morgan fingerprint density at radius 3 is 2.95 bits per heavy atom. The van der Waals surface area contributed by atoms with Gasteiger partial charge in [-0.3, -0.25) is 14.9 Å². The van der Waals surface area contributed by atoms with Crippen LogP contribution in [0.15, 0.2) is 84.5 Å². The fourth-order valence-corrected chi connectivity index (χ4v) is 5.03. The van der Waals surface area contributed by atoms with Crippen molar-refractivity contribution in [2.75, 3.05) is 12.3 Å². The van der Waals surface area contributed by atoms with Crippen molar-refractivity contribution in [1.29, 1.82) is 0 Å². The third-order valence-electron chi connectivity index (χ3n) is 7.10. The summed E-state index contributed by atoms with van der Waals surface area (Å²) in [6.07, 6.45) is 13.1. The maximum atomic E-state index is 12.8. The summed E-state index contributed by atoms with van der Waals surface area (Å²) >= 11 is 0. The van der Waals surface area contributed by atoms with Gasteiger partial charge in [-0.15, -0.1) is 0 Å². The highest BCUT2D eigenvalue weighted by molar-refractivity contribution is 5.98. The predicted octanol–water partition coefficient (Wildman–Crippen LogP) is 3.37. The fourth-order valence-electron chi connectivity index (χ4n) is 5.03. The Morgan fingerprint density at radius 1 is 1.21 bits per heavy atom. The van der Waals surface area contributed by atoms with Crippen molar-refractivity contribution in [3.8, 4) is 23.2 Å². The van der Waals surface area contributed by atoms with E-state index >= 15 is 0 Å². The Bertz CT molecular complexity index is 1780. The summed E-state index contributed by atoms with van der Waals surface area (Å²) in [4.78, 5) is 33.8. The number of hydrogen-bond donors (Lipinski definition) is 3. The van der Waals surface area contributed by atoms with E-state index in [1.807, 2.05) is 54.1 Å². The number of carbonyl (C=O) groups is 2. The van der Waals surface area contributed by atoms with Gasteiger partial charge < -0.3 is 25.1 Å². The molecule has 0 saturated heterocycles. The summed E-state index contributed by atoms with van der Waals surface area (Å²) in [7, 11) is 1.90. The van der Waals surface area contributed by atoms with Crippen LogP contribution in [0.4, 0.5) is 5.95 Å². The lowest BCUT2D eigenvalue weighted by atomic mass is 10.0. The number of nitrogens with zero attached hydrogens (tertiary/aromatic N) is 3. The molecule has 3 aliphatic rings. The van der Waals surface area contributed by atoms with Gasteiger partial charge in [-0.2, -0.15) is 0 Å². The number of aromatic nitrogens is 3. The van der Waals surface area contributed by atoms with Gasteiger partial charge >= 0.3 is 0 Å². The number of nitrogen functional groups attached to an aromatic ring is 1. The van der Waals surface area contributed by atoms with E-state index in [1.165, 1.54) is 12.5 Å². The molecule has 1 aromatic carbocycles. The Kier molecular flexibility index (Phi) is 7.30. The maximum Gasteiger partial charge on any atom is 0.253 e. The number of allylic oxidation sites excluding steroid dienone is 4. The highest BCUT2D eigenvalue weighted by atomic mass is 16.6. The van der Waals surface area contributed by atoms with Crippen LogP contribution >= 0.6 is 0 Å². The van der Waals surface area contributed by atoms with Crippen LogP contribution < -0.4 is 16.4 Å². The van der Waals surface area contributed by atoms with E-state index in [1.54, 1.807) is 6.20 Å². The van der Waals surface area contributed by atoms with Gasteiger partial charge in [0.25, 0.3) is 5.91 Å². The smallest absolute Gasteiger partial charge is 0.253 e. The average Bonchev–Trinajstić information content (AvgIpc) is 3.34. The zero-order chi connectivity index (χ0) is 29.1. The van der Waals surface area contributed by atoms with E-state index < -0.39 is 0 Å². The van der Waals surface area contributed by atoms with Gasteiger partial charge in [0.05, 0.1) is 23.2 Å². The minimum absolute atomic E-state index is 0.108. The summed E-state index contributed by atoms with van der Waals surface area (Å²) < 4.78 is 13.2. The molecule has 0 fully saturated rings. The summed E-state index contributed by atoms with van der Waals surface area (Å²) in [5.74, 6) is 6.88. The summed E-state index contributed by atoms with van der Waals surface area (Å²) in [5.41, 5.74) is 11.8. The van der Waals surface area contributed by atoms with Crippen LogP contribution in [0.2, 0.25) is 0 Å². The maximum absolute atomic E-state index is 12.8. The monoisotopic (exact) mass is 560 g/mol. The molecular formula is C32H28N6O4. The van der Waals surface area contributed by atoms with Crippen molar-refractivity contribution in [2.24, 2.45) is 7.05 Å². The highest BCUT2D eigenvalue weighted by Crippen LogP contribution is 2.28. The van der Waals surface area contributed by atoms with Crippen molar-refractivity contribution in [3.05, 3.63) is 112 Å². The summed E-state index contributed by atoms with van der Waals surface area (Å²) in [6.45, 7) is 0.586. The van der Waals surface area contributed by atoms with Gasteiger partial charge in [0, 0.05) is 37.5 Å². The Labute approximate surface area is 242 Å². The quantitative estimate of drug-likeness (QED) is 0.408. The van der Waals surface area contributed by atoms with E-state index in [9.17, 15) is 9.59 Å². The molecule has 4 N–H and O–H groups in total. The van der Waals surface area contributed by atoms with Gasteiger partial charge in [-0.1, -0.05) is 42.2 Å². The number of nitrogens with two attached hydrogens (primary N) is 1. The lowest BCUT2D eigenvalue weighted by molar-refractivity contribution is -0.120. The highest BCUT2D eigenvalue weighted by Gasteiger charge is 2.24. The number of carbonyl (C=O) groups excluding carboxylic acids is 2. The fraction of sp³-hybridized carbons (Fsp3) is 0.188. The number of ether oxygens (including phenoxy) is 2.